The van der Waals surface area contributed by atoms with Crippen molar-refractivity contribution in [1.82, 2.24) is 0 Å². The van der Waals surface area contributed by atoms with Crippen molar-refractivity contribution >= 4 is 11.5 Å². The number of nitrogens with zero attached hydrogens (tertiary/aromatic N) is 2. The zero-order valence-electron chi connectivity index (χ0n) is 12.9. The number of ketones is 1. The Morgan fingerprint density at radius 2 is 1.79 bits per heavy atom. The number of hydrogen-bond donors (Lipinski definition) is 0. The monoisotopic (exact) mass is 264 g/mol. The SMILES string of the molecule is CCC1CCCCC1CCC(=[N+]=[N-])C(=O)C(C)(C)C. The molecule has 108 valence electrons. The predicted octanol–water partition coefficient (Wildman–Crippen LogP) is 4.27. The highest BCUT2D eigenvalue weighted by molar-refractivity contribution is 6.39. The molecule has 0 aliphatic heterocycles. The van der Waals surface area contributed by atoms with Crippen LogP contribution in [0.3, 0.4) is 0 Å². The molecule has 0 aromatic carbocycles. The fourth-order valence-corrected chi connectivity index (χ4v) is 3.17. The molecule has 19 heavy (non-hydrogen) atoms. The summed E-state index contributed by atoms with van der Waals surface area (Å²) in [6.45, 7) is 7.87. The van der Waals surface area contributed by atoms with Gasteiger partial charge in [0.15, 0.2) is 0 Å². The minimum atomic E-state index is -0.460. The molecule has 2 unspecified atom stereocenters. The van der Waals surface area contributed by atoms with Gasteiger partial charge in [0, 0.05) is 5.41 Å². The predicted molar refractivity (Wildman–Crippen MR) is 78.1 cm³/mol. The van der Waals surface area contributed by atoms with E-state index in [4.69, 9.17) is 5.53 Å². The van der Waals surface area contributed by atoms with Crippen LogP contribution in [0.25, 0.3) is 5.53 Å². The second-order valence-electron chi connectivity index (χ2n) is 6.88. The van der Waals surface area contributed by atoms with E-state index in [0.717, 1.165) is 12.3 Å². The first kappa shape index (κ1) is 16.1. The highest BCUT2D eigenvalue weighted by Crippen LogP contribution is 2.35. The molecule has 1 aliphatic carbocycles. The summed E-state index contributed by atoms with van der Waals surface area (Å²) < 4.78 is 0. The Kier molecular flexibility index (Phi) is 5.93. The van der Waals surface area contributed by atoms with Gasteiger partial charge in [-0.2, -0.15) is 4.79 Å². The maximum Gasteiger partial charge on any atom is 0.334 e. The zero-order chi connectivity index (χ0) is 14.5. The van der Waals surface area contributed by atoms with Crippen LogP contribution >= 0.6 is 0 Å². The number of rotatable bonds is 5. The average molecular weight is 264 g/mol. The molecule has 1 saturated carbocycles. The Labute approximate surface area is 117 Å². The smallest absolute Gasteiger partial charge is 0.334 e. The lowest BCUT2D eigenvalue weighted by atomic mass is 9.75. The molecule has 3 nitrogen and oxygen atoms in total. The van der Waals surface area contributed by atoms with Crippen LogP contribution in [-0.4, -0.2) is 16.3 Å². The molecule has 0 aromatic rings. The molecule has 3 heteroatoms. The number of Topliss-reactive ketones (excluding diaryl/α,β-unsaturated/α-hetero) is 1. The molecule has 0 bridgehead atoms. The van der Waals surface area contributed by atoms with Crippen LogP contribution in [0.2, 0.25) is 0 Å². The summed E-state index contributed by atoms with van der Waals surface area (Å²) in [4.78, 5) is 15.4. The average Bonchev–Trinajstić information content (AvgIpc) is 2.38. The van der Waals surface area contributed by atoms with Crippen molar-refractivity contribution in [3.8, 4) is 0 Å². The lowest BCUT2D eigenvalue weighted by Gasteiger charge is -2.30. The summed E-state index contributed by atoms with van der Waals surface area (Å²) in [5, 5.41) is 0. The van der Waals surface area contributed by atoms with Crippen LogP contribution in [0, 0.1) is 17.3 Å². The van der Waals surface area contributed by atoms with Crippen molar-refractivity contribution in [2.75, 3.05) is 0 Å². The summed E-state index contributed by atoms with van der Waals surface area (Å²) in [5.74, 6) is 1.46. The van der Waals surface area contributed by atoms with Crippen molar-refractivity contribution in [1.29, 1.82) is 0 Å². The molecule has 0 spiro atoms. The Hall–Kier alpha value is -0.950. The number of hydrogen-bond acceptors (Lipinski definition) is 1. The van der Waals surface area contributed by atoms with Gasteiger partial charge in [-0.25, -0.2) is 0 Å². The molecule has 1 fully saturated rings. The minimum Gasteiger partial charge on any atom is -0.361 e. The Bertz CT molecular complexity index is 361. The van der Waals surface area contributed by atoms with E-state index in [-0.39, 0.29) is 5.78 Å². The summed E-state index contributed by atoms with van der Waals surface area (Å²) in [7, 11) is 0. The van der Waals surface area contributed by atoms with Gasteiger partial charge in [-0.15, -0.1) is 0 Å². The normalized spacial score (nSPS) is 23.8. The number of carbonyl (C=O) groups is 1. The van der Waals surface area contributed by atoms with E-state index >= 15 is 0 Å². The Morgan fingerprint density at radius 1 is 1.21 bits per heavy atom. The first-order valence-corrected chi connectivity index (χ1v) is 7.65. The fraction of sp³-hybridized carbons (Fsp3) is 0.875. The maximum absolute atomic E-state index is 12.1. The first-order valence-electron chi connectivity index (χ1n) is 7.65. The summed E-state index contributed by atoms with van der Waals surface area (Å²) in [5.41, 5.74) is 8.97. The standard InChI is InChI=1S/C16H28N2O/c1-5-12-8-6-7-9-13(12)10-11-14(18-17)15(19)16(2,3)4/h12-13H,5-11H2,1-4H3. The van der Waals surface area contributed by atoms with E-state index in [1.165, 1.54) is 32.1 Å². The zero-order valence-corrected chi connectivity index (χ0v) is 12.9. The van der Waals surface area contributed by atoms with E-state index in [1.807, 2.05) is 20.8 Å². The summed E-state index contributed by atoms with van der Waals surface area (Å²) in [6, 6.07) is 0. The van der Waals surface area contributed by atoms with Crippen LogP contribution in [0.5, 0.6) is 0 Å². The van der Waals surface area contributed by atoms with Gasteiger partial charge >= 0.3 is 5.71 Å². The van der Waals surface area contributed by atoms with Gasteiger partial charge in [0.25, 0.3) is 0 Å². The van der Waals surface area contributed by atoms with E-state index in [1.54, 1.807) is 0 Å². The molecule has 2 atom stereocenters. The molecule has 1 aliphatic rings. The van der Waals surface area contributed by atoms with Gasteiger partial charge < -0.3 is 5.53 Å². The summed E-state index contributed by atoms with van der Waals surface area (Å²) in [6.07, 6.45) is 8.06. The molecular formula is C16H28N2O. The summed E-state index contributed by atoms with van der Waals surface area (Å²) >= 11 is 0. The van der Waals surface area contributed by atoms with E-state index < -0.39 is 5.41 Å². The quantitative estimate of drug-likeness (QED) is 0.415. The second kappa shape index (κ2) is 7.00. The van der Waals surface area contributed by atoms with Gasteiger partial charge in [-0.1, -0.05) is 59.8 Å². The molecule has 0 amide bonds. The van der Waals surface area contributed by atoms with Crippen molar-refractivity contribution < 1.29 is 9.58 Å². The van der Waals surface area contributed by atoms with E-state index in [0.29, 0.717) is 18.1 Å². The third-order valence-electron chi connectivity index (χ3n) is 4.41. The molecule has 1 rings (SSSR count). The first-order chi connectivity index (χ1) is 8.90. The topological polar surface area (TPSA) is 53.5 Å². The van der Waals surface area contributed by atoms with Gasteiger partial charge in [-0.05, 0) is 18.3 Å². The third kappa shape index (κ3) is 4.58. The second-order valence-corrected chi connectivity index (χ2v) is 6.88. The molecule has 0 saturated heterocycles. The Balaban J connectivity index is 2.59. The maximum atomic E-state index is 12.1. The minimum absolute atomic E-state index is 0.0288. The largest absolute Gasteiger partial charge is 0.361 e. The molecule has 0 radical (unpaired) electrons. The van der Waals surface area contributed by atoms with Crippen molar-refractivity contribution in [3.63, 3.8) is 0 Å². The van der Waals surface area contributed by atoms with Crippen molar-refractivity contribution in [2.24, 2.45) is 17.3 Å². The van der Waals surface area contributed by atoms with Crippen LogP contribution < -0.4 is 0 Å². The van der Waals surface area contributed by atoms with Gasteiger partial charge in [0.2, 0.25) is 5.78 Å². The molecule has 0 heterocycles. The van der Waals surface area contributed by atoms with Gasteiger partial charge in [0.1, 0.15) is 0 Å². The van der Waals surface area contributed by atoms with Crippen LogP contribution in [0.4, 0.5) is 0 Å². The van der Waals surface area contributed by atoms with Crippen LogP contribution in [0.15, 0.2) is 0 Å². The van der Waals surface area contributed by atoms with Crippen LogP contribution in [0.1, 0.15) is 72.6 Å². The van der Waals surface area contributed by atoms with E-state index in [9.17, 15) is 4.79 Å². The van der Waals surface area contributed by atoms with Crippen LogP contribution in [-0.2, 0) is 4.79 Å². The molecular weight excluding hydrogens is 236 g/mol. The van der Waals surface area contributed by atoms with E-state index in [2.05, 4.69) is 11.7 Å². The van der Waals surface area contributed by atoms with Gasteiger partial charge in [-0.3, -0.25) is 4.79 Å². The van der Waals surface area contributed by atoms with Crippen molar-refractivity contribution in [2.45, 2.75) is 72.6 Å². The third-order valence-corrected chi connectivity index (χ3v) is 4.41. The van der Waals surface area contributed by atoms with Crippen molar-refractivity contribution in [3.05, 3.63) is 5.53 Å². The fourth-order valence-electron chi connectivity index (χ4n) is 3.17. The molecule has 0 aromatic heterocycles. The Morgan fingerprint density at radius 3 is 2.26 bits per heavy atom. The number of carbonyl (C=O) groups excluding carboxylic acids is 1. The highest BCUT2D eigenvalue weighted by Gasteiger charge is 2.33. The lowest BCUT2D eigenvalue weighted by Crippen LogP contribution is -2.30. The molecule has 0 N–H and O–H groups in total. The van der Waals surface area contributed by atoms with Gasteiger partial charge in [0.05, 0.1) is 6.42 Å². The lowest BCUT2D eigenvalue weighted by molar-refractivity contribution is -0.124. The highest BCUT2D eigenvalue weighted by atomic mass is 16.1.